The van der Waals surface area contributed by atoms with Crippen molar-refractivity contribution in [1.82, 2.24) is 19.9 Å². The lowest BCUT2D eigenvalue weighted by molar-refractivity contribution is -0.128. The lowest BCUT2D eigenvalue weighted by atomic mass is 10.00. The number of carbonyl (C=O) groups excluding carboxylic acids is 2. The summed E-state index contributed by atoms with van der Waals surface area (Å²) in [6.07, 6.45) is 5.49. The Labute approximate surface area is 240 Å². The summed E-state index contributed by atoms with van der Waals surface area (Å²) in [5.74, 6) is -2.01. The average Bonchev–Trinajstić information content (AvgIpc) is 3.65. The molecule has 0 radical (unpaired) electrons. The SMILES string of the molecule is COc1cc2c(cc1Nc1nc(Nc3cc(F)cc(F)c3C(N)=O)c3cc[nH]c3n1)N(CC(=O)N1CCCC1)CCC2. The van der Waals surface area contributed by atoms with E-state index in [0.29, 0.717) is 35.1 Å². The van der Waals surface area contributed by atoms with Crippen LogP contribution >= 0.6 is 0 Å². The van der Waals surface area contributed by atoms with Gasteiger partial charge in [0.2, 0.25) is 11.9 Å². The van der Waals surface area contributed by atoms with Gasteiger partial charge in [0.1, 0.15) is 28.8 Å². The number of fused-ring (bicyclic) bond motifs is 2. The van der Waals surface area contributed by atoms with Gasteiger partial charge in [0.05, 0.1) is 36.0 Å². The van der Waals surface area contributed by atoms with Gasteiger partial charge in [-0.15, -0.1) is 0 Å². The molecule has 0 bridgehead atoms. The molecule has 0 spiro atoms. The number of hydrogen-bond donors (Lipinski definition) is 4. The molecule has 0 unspecified atom stereocenters. The second-order valence-corrected chi connectivity index (χ2v) is 10.4. The van der Waals surface area contributed by atoms with Crippen LogP contribution in [0.3, 0.4) is 0 Å². The zero-order valence-electron chi connectivity index (χ0n) is 23.0. The van der Waals surface area contributed by atoms with Crippen LogP contribution in [0.5, 0.6) is 5.75 Å². The maximum Gasteiger partial charge on any atom is 0.253 e. The molecule has 0 aliphatic carbocycles. The summed E-state index contributed by atoms with van der Waals surface area (Å²) >= 11 is 0. The van der Waals surface area contributed by atoms with Crippen molar-refractivity contribution in [2.45, 2.75) is 25.7 Å². The number of nitrogens with two attached hydrogens (primary N) is 1. The second kappa shape index (κ2) is 11.1. The molecule has 11 nitrogen and oxygen atoms in total. The maximum atomic E-state index is 14.4. The molecule has 5 N–H and O–H groups in total. The third kappa shape index (κ3) is 5.24. The van der Waals surface area contributed by atoms with Crippen molar-refractivity contribution >= 4 is 51.7 Å². The van der Waals surface area contributed by atoms with E-state index in [2.05, 4.69) is 30.5 Å². The van der Waals surface area contributed by atoms with Crippen LogP contribution in [0.25, 0.3) is 11.0 Å². The van der Waals surface area contributed by atoms with E-state index in [0.717, 1.165) is 62.6 Å². The van der Waals surface area contributed by atoms with Crippen molar-refractivity contribution in [1.29, 1.82) is 0 Å². The summed E-state index contributed by atoms with van der Waals surface area (Å²) in [5.41, 5.74) is 7.72. The number of H-pyrrole nitrogens is 1. The Morgan fingerprint density at radius 1 is 1.05 bits per heavy atom. The number of aryl methyl sites for hydroxylation is 1. The monoisotopic (exact) mass is 576 g/mol. The van der Waals surface area contributed by atoms with E-state index < -0.39 is 23.1 Å². The molecule has 42 heavy (non-hydrogen) atoms. The summed E-state index contributed by atoms with van der Waals surface area (Å²) in [7, 11) is 1.57. The van der Waals surface area contributed by atoms with Crippen molar-refractivity contribution in [3.63, 3.8) is 0 Å². The van der Waals surface area contributed by atoms with Gasteiger partial charge in [0, 0.05) is 37.6 Å². The first kappa shape index (κ1) is 27.2. The molecule has 2 amide bonds. The lowest BCUT2D eigenvalue weighted by Gasteiger charge is -2.33. The highest BCUT2D eigenvalue weighted by molar-refractivity contribution is 6.01. The van der Waals surface area contributed by atoms with Crippen LogP contribution < -0.4 is 26.0 Å². The Morgan fingerprint density at radius 2 is 1.86 bits per heavy atom. The standard InChI is InChI=1S/C29H30F2N8O3/c1-42-23-11-16-5-4-10-39(15-24(40)38-8-2-3-9-38)22(16)14-20(23)35-29-36-27-18(6-7-33-27)28(37-29)34-21-13-17(30)12-19(31)25(21)26(32)41/h6-7,11-14H,2-5,8-10,15H2,1H3,(H2,32,41)(H3,33,34,35,36,37). The fourth-order valence-corrected chi connectivity index (χ4v) is 5.61. The Morgan fingerprint density at radius 3 is 2.62 bits per heavy atom. The van der Waals surface area contributed by atoms with Crippen LogP contribution in [-0.2, 0) is 11.2 Å². The number of hydrogen-bond acceptors (Lipinski definition) is 8. The number of nitrogens with one attached hydrogen (secondary N) is 3. The zero-order chi connectivity index (χ0) is 29.4. The Hall–Kier alpha value is -4.94. The van der Waals surface area contributed by atoms with Crippen molar-refractivity contribution in [3.05, 3.63) is 59.3 Å². The van der Waals surface area contributed by atoms with Crippen LogP contribution in [0.2, 0.25) is 0 Å². The minimum absolute atomic E-state index is 0.117. The predicted octanol–water partition coefficient (Wildman–Crippen LogP) is 4.21. The van der Waals surface area contributed by atoms with Crippen molar-refractivity contribution in [3.8, 4) is 5.75 Å². The van der Waals surface area contributed by atoms with E-state index >= 15 is 0 Å². The van der Waals surface area contributed by atoms with Gasteiger partial charge >= 0.3 is 0 Å². The highest BCUT2D eigenvalue weighted by atomic mass is 19.1. The van der Waals surface area contributed by atoms with Gasteiger partial charge in [-0.25, -0.2) is 8.78 Å². The highest BCUT2D eigenvalue weighted by Gasteiger charge is 2.26. The van der Waals surface area contributed by atoms with Gasteiger partial charge in [-0.05, 0) is 55.5 Å². The first-order valence-corrected chi connectivity index (χ1v) is 13.7. The number of ether oxygens (including phenoxy) is 1. The minimum atomic E-state index is -1.09. The summed E-state index contributed by atoms with van der Waals surface area (Å²) in [5, 5.41) is 6.57. The van der Waals surface area contributed by atoms with E-state index in [4.69, 9.17) is 10.5 Å². The molecule has 13 heteroatoms. The molecule has 0 saturated carbocycles. The third-order valence-electron chi connectivity index (χ3n) is 7.62. The molecule has 4 heterocycles. The van der Waals surface area contributed by atoms with Crippen molar-refractivity contribution in [2.24, 2.45) is 5.73 Å². The van der Waals surface area contributed by atoms with E-state index in [-0.39, 0.29) is 23.4 Å². The summed E-state index contributed by atoms with van der Waals surface area (Å²) < 4.78 is 34.2. The fourth-order valence-electron chi connectivity index (χ4n) is 5.61. The molecule has 2 aliphatic rings. The highest BCUT2D eigenvalue weighted by Crippen LogP contribution is 2.38. The zero-order valence-corrected chi connectivity index (χ0v) is 23.0. The van der Waals surface area contributed by atoms with Gasteiger partial charge < -0.3 is 35.9 Å². The number of likely N-dealkylation sites (tertiary alicyclic amines) is 1. The summed E-state index contributed by atoms with van der Waals surface area (Å²) in [4.78, 5) is 41.0. The molecule has 1 saturated heterocycles. The van der Waals surface area contributed by atoms with Crippen molar-refractivity contribution in [2.75, 3.05) is 48.8 Å². The largest absolute Gasteiger partial charge is 0.495 e. The predicted molar refractivity (Wildman–Crippen MR) is 155 cm³/mol. The number of carbonyl (C=O) groups is 2. The quantitative estimate of drug-likeness (QED) is 0.245. The van der Waals surface area contributed by atoms with Gasteiger partial charge in [0.25, 0.3) is 5.91 Å². The lowest BCUT2D eigenvalue weighted by Crippen LogP contribution is -2.41. The molecule has 4 aromatic rings. The number of aromatic nitrogens is 3. The second-order valence-electron chi connectivity index (χ2n) is 10.4. The molecule has 2 aromatic carbocycles. The molecule has 2 aliphatic heterocycles. The number of nitrogens with zero attached hydrogens (tertiary/aromatic N) is 4. The number of benzene rings is 2. The molecule has 1 fully saturated rings. The number of amides is 2. The number of rotatable bonds is 8. The molecular formula is C29H30F2N8O3. The molecule has 218 valence electrons. The minimum Gasteiger partial charge on any atom is -0.495 e. The number of primary amides is 1. The van der Waals surface area contributed by atoms with Gasteiger partial charge in [-0.1, -0.05) is 0 Å². The normalized spacial score (nSPS) is 14.6. The van der Waals surface area contributed by atoms with Gasteiger partial charge in [-0.3, -0.25) is 9.59 Å². The van der Waals surface area contributed by atoms with Gasteiger partial charge in [-0.2, -0.15) is 9.97 Å². The van der Waals surface area contributed by atoms with Crippen LogP contribution in [0.4, 0.5) is 37.6 Å². The first-order valence-electron chi connectivity index (χ1n) is 13.7. The molecule has 2 aromatic heterocycles. The molecule has 6 rings (SSSR count). The van der Waals surface area contributed by atoms with Crippen LogP contribution in [0.1, 0.15) is 35.2 Å². The van der Waals surface area contributed by atoms with Crippen molar-refractivity contribution < 1.29 is 23.1 Å². The fraction of sp³-hybridized carbons (Fsp3) is 0.310. The Bertz CT molecular complexity index is 1690. The molecular weight excluding hydrogens is 546 g/mol. The third-order valence-corrected chi connectivity index (χ3v) is 7.62. The summed E-state index contributed by atoms with van der Waals surface area (Å²) in [6.45, 7) is 2.65. The van der Waals surface area contributed by atoms with Crippen LogP contribution in [-0.4, -0.2) is 65.0 Å². The van der Waals surface area contributed by atoms with E-state index in [1.807, 2.05) is 17.0 Å². The Balaban J connectivity index is 1.34. The van der Waals surface area contributed by atoms with E-state index in [1.165, 1.54) is 0 Å². The first-order chi connectivity index (χ1) is 20.3. The number of aromatic amines is 1. The van der Waals surface area contributed by atoms with E-state index in [1.54, 1.807) is 19.4 Å². The Kier molecular flexibility index (Phi) is 7.23. The number of anilines is 5. The van der Waals surface area contributed by atoms with Crippen LogP contribution in [0.15, 0.2) is 36.5 Å². The topological polar surface area (TPSA) is 142 Å². The maximum absolute atomic E-state index is 14.4. The number of halogens is 2. The average molecular weight is 577 g/mol. The molecule has 0 atom stereocenters. The van der Waals surface area contributed by atoms with Gasteiger partial charge in [0.15, 0.2) is 0 Å². The van der Waals surface area contributed by atoms with E-state index in [9.17, 15) is 18.4 Å². The smallest absolute Gasteiger partial charge is 0.253 e. The summed E-state index contributed by atoms with van der Waals surface area (Å²) in [6, 6.07) is 7.13. The number of methoxy groups -OCH3 is 1. The van der Waals surface area contributed by atoms with Crippen LogP contribution in [0, 0.1) is 11.6 Å².